The number of thiophene rings is 1. The Balaban J connectivity index is 1.64. The van der Waals surface area contributed by atoms with E-state index in [2.05, 4.69) is 18.8 Å². The van der Waals surface area contributed by atoms with Crippen LogP contribution >= 0.6 is 23.1 Å². The van der Waals surface area contributed by atoms with Gasteiger partial charge in [-0.1, -0.05) is 25.1 Å². The van der Waals surface area contributed by atoms with E-state index in [0.717, 1.165) is 16.6 Å². The number of rotatable bonds is 8. The predicted molar refractivity (Wildman–Crippen MR) is 132 cm³/mol. The average molecular weight is 517 g/mol. The molecule has 0 spiro atoms. The second kappa shape index (κ2) is 9.87. The normalized spacial score (nSPS) is 11.4. The van der Waals surface area contributed by atoms with Gasteiger partial charge < -0.3 is 10.1 Å². The van der Waals surface area contributed by atoms with E-state index >= 15 is 0 Å². The first kappa shape index (κ1) is 23.8. The lowest BCUT2D eigenvalue weighted by atomic mass is 10.2. The van der Waals surface area contributed by atoms with Crippen molar-refractivity contribution in [2.24, 2.45) is 0 Å². The molecule has 2 aromatic heterocycles. The predicted octanol–water partition coefficient (Wildman–Crippen LogP) is 4.55. The minimum Gasteiger partial charge on any atom is -0.462 e. The molecule has 0 aliphatic rings. The number of amides is 1. The van der Waals surface area contributed by atoms with E-state index < -0.39 is 21.9 Å². The van der Waals surface area contributed by atoms with Gasteiger partial charge in [-0.15, -0.1) is 11.3 Å². The molecule has 0 atom stereocenters. The molecule has 0 bridgehead atoms. The number of esters is 1. The summed E-state index contributed by atoms with van der Waals surface area (Å²) >= 11 is 2.12. The quantitative estimate of drug-likeness (QED) is 0.329. The van der Waals surface area contributed by atoms with Crippen LogP contribution in [0.4, 0.5) is 11.4 Å². The third-order valence-corrected chi connectivity index (χ3v) is 8.01. The van der Waals surface area contributed by atoms with Gasteiger partial charge in [0, 0.05) is 4.88 Å². The molecule has 0 unspecified atom stereocenters. The largest absolute Gasteiger partial charge is 0.462 e. The van der Waals surface area contributed by atoms with Crippen molar-refractivity contribution in [3.05, 3.63) is 63.8 Å². The highest BCUT2D eigenvalue weighted by molar-refractivity contribution is 7.93. The van der Waals surface area contributed by atoms with Gasteiger partial charge in [-0.05, 0) is 43.7 Å². The third kappa shape index (κ3) is 4.79. The first-order valence-electron chi connectivity index (χ1n) is 10.3. The highest BCUT2D eigenvalue weighted by Gasteiger charge is 2.24. The van der Waals surface area contributed by atoms with E-state index in [4.69, 9.17) is 4.74 Å². The highest BCUT2D eigenvalue weighted by Crippen LogP contribution is 2.30. The first-order chi connectivity index (χ1) is 16.3. The van der Waals surface area contributed by atoms with Crippen molar-refractivity contribution < 1.29 is 22.7 Å². The van der Waals surface area contributed by atoms with E-state index in [0.29, 0.717) is 11.9 Å². The molecule has 0 saturated carbocycles. The number of anilines is 2. The first-order valence-corrected chi connectivity index (χ1v) is 13.3. The van der Waals surface area contributed by atoms with Crippen LogP contribution in [0.5, 0.6) is 0 Å². The molecular formula is C22H20N4O5S3. The zero-order valence-electron chi connectivity index (χ0n) is 18.2. The summed E-state index contributed by atoms with van der Waals surface area (Å²) in [5.41, 5.74) is 1.33. The lowest BCUT2D eigenvalue weighted by Crippen LogP contribution is -2.18. The molecule has 2 aromatic carbocycles. The molecule has 2 heterocycles. The second-order valence-corrected chi connectivity index (χ2v) is 10.3. The molecule has 0 aliphatic heterocycles. The summed E-state index contributed by atoms with van der Waals surface area (Å²) in [6.45, 7) is 3.79. The number of sulfonamides is 1. The number of para-hydroxylation sites is 2. The fraction of sp³-hybridized carbons (Fsp3) is 0.182. The zero-order chi connectivity index (χ0) is 24.3. The minimum atomic E-state index is -4.03. The van der Waals surface area contributed by atoms with Gasteiger partial charge in [0.2, 0.25) is 0 Å². The summed E-state index contributed by atoms with van der Waals surface area (Å²) < 4.78 is 42.0. The summed E-state index contributed by atoms with van der Waals surface area (Å²) in [7, 11) is -4.03. The van der Waals surface area contributed by atoms with Gasteiger partial charge in [-0.3, -0.25) is 9.52 Å². The van der Waals surface area contributed by atoms with Crippen LogP contribution in [0, 0.1) is 0 Å². The Labute approximate surface area is 204 Å². The maximum atomic E-state index is 13.1. The Morgan fingerprint density at radius 2 is 1.79 bits per heavy atom. The molecule has 2 N–H and O–H groups in total. The fourth-order valence-corrected chi connectivity index (χ4v) is 6.03. The second-order valence-electron chi connectivity index (χ2n) is 7.02. The number of fused-ring (bicyclic) bond motifs is 1. The van der Waals surface area contributed by atoms with Crippen LogP contribution < -0.4 is 10.0 Å². The van der Waals surface area contributed by atoms with Gasteiger partial charge in [-0.25, -0.2) is 13.2 Å². The Kier molecular flexibility index (Phi) is 6.91. The number of aryl methyl sites for hydroxylation is 1. The van der Waals surface area contributed by atoms with Crippen molar-refractivity contribution in [3.8, 4) is 0 Å². The number of nitrogens with one attached hydrogen (secondary N) is 2. The standard InChI is InChI=1S/C22H20N4O5S3/c1-3-13-12-14(22(28)31-4-2)20(32-13)21(27)23-15-8-5-6-9-16(15)26-34(29,30)18-11-7-10-17-19(18)25-33-24-17/h5-12,26H,3-4H2,1-2H3,(H,23,27). The number of ether oxygens (including phenoxy) is 1. The summed E-state index contributed by atoms with van der Waals surface area (Å²) in [5.74, 6) is -1.12. The van der Waals surface area contributed by atoms with Crippen molar-refractivity contribution in [2.75, 3.05) is 16.6 Å². The Morgan fingerprint density at radius 3 is 2.53 bits per heavy atom. The zero-order valence-corrected chi connectivity index (χ0v) is 20.6. The van der Waals surface area contributed by atoms with Crippen LogP contribution in [0.3, 0.4) is 0 Å². The Hall–Kier alpha value is -3.35. The SMILES string of the molecule is CCOC(=O)c1cc(CC)sc1C(=O)Nc1ccccc1NS(=O)(=O)c1cccc2nsnc12. The lowest BCUT2D eigenvalue weighted by Gasteiger charge is -2.14. The monoisotopic (exact) mass is 516 g/mol. The molecule has 176 valence electrons. The van der Waals surface area contributed by atoms with Crippen molar-refractivity contribution in [1.29, 1.82) is 0 Å². The maximum absolute atomic E-state index is 13.1. The molecule has 12 heteroatoms. The van der Waals surface area contributed by atoms with Crippen LogP contribution in [0.15, 0.2) is 53.4 Å². The molecule has 4 aromatic rings. The van der Waals surface area contributed by atoms with Gasteiger partial charge in [0.15, 0.2) is 0 Å². The molecule has 1 amide bonds. The van der Waals surface area contributed by atoms with E-state index in [1.165, 1.54) is 23.5 Å². The summed E-state index contributed by atoms with van der Waals surface area (Å²) in [5, 5.41) is 2.72. The maximum Gasteiger partial charge on any atom is 0.339 e. The fourth-order valence-electron chi connectivity index (χ4n) is 3.20. The summed E-state index contributed by atoms with van der Waals surface area (Å²) in [6.07, 6.45) is 0.651. The van der Waals surface area contributed by atoms with Crippen molar-refractivity contribution in [2.45, 2.75) is 25.2 Å². The topological polar surface area (TPSA) is 127 Å². The Morgan fingerprint density at radius 1 is 1.03 bits per heavy atom. The summed E-state index contributed by atoms with van der Waals surface area (Å²) in [6, 6.07) is 12.8. The number of aromatic nitrogens is 2. The van der Waals surface area contributed by atoms with E-state index in [9.17, 15) is 18.0 Å². The molecule has 0 aliphatic carbocycles. The van der Waals surface area contributed by atoms with E-state index in [1.54, 1.807) is 43.3 Å². The number of nitrogens with zero attached hydrogens (tertiary/aromatic N) is 2. The molecule has 4 rings (SSSR count). The number of carbonyl (C=O) groups is 2. The van der Waals surface area contributed by atoms with E-state index in [-0.39, 0.29) is 38.8 Å². The van der Waals surface area contributed by atoms with Crippen molar-refractivity contribution in [1.82, 2.24) is 8.75 Å². The van der Waals surface area contributed by atoms with Gasteiger partial charge in [-0.2, -0.15) is 8.75 Å². The number of carbonyl (C=O) groups excluding carboxylic acids is 2. The minimum absolute atomic E-state index is 0.0182. The molecule has 9 nitrogen and oxygen atoms in total. The van der Waals surface area contributed by atoms with Gasteiger partial charge >= 0.3 is 5.97 Å². The number of benzene rings is 2. The summed E-state index contributed by atoms with van der Waals surface area (Å²) in [4.78, 5) is 26.5. The van der Waals surface area contributed by atoms with Crippen LogP contribution in [-0.2, 0) is 21.2 Å². The molecule has 34 heavy (non-hydrogen) atoms. The molecule has 0 saturated heterocycles. The van der Waals surface area contributed by atoms with Gasteiger partial charge in [0.1, 0.15) is 20.8 Å². The molecular weight excluding hydrogens is 496 g/mol. The number of hydrogen-bond donors (Lipinski definition) is 2. The van der Waals surface area contributed by atoms with Crippen LogP contribution in [-0.4, -0.2) is 35.6 Å². The molecule has 0 fully saturated rings. The van der Waals surface area contributed by atoms with E-state index in [1.807, 2.05) is 6.92 Å². The van der Waals surface area contributed by atoms with Crippen LogP contribution in [0.1, 0.15) is 38.8 Å². The van der Waals surface area contributed by atoms with Crippen LogP contribution in [0.25, 0.3) is 11.0 Å². The third-order valence-electron chi connectivity index (χ3n) is 4.79. The average Bonchev–Trinajstić information content (AvgIpc) is 3.47. The smallest absolute Gasteiger partial charge is 0.339 e. The van der Waals surface area contributed by atoms with Gasteiger partial charge in [0.25, 0.3) is 15.9 Å². The highest BCUT2D eigenvalue weighted by atomic mass is 32.2. The van der Waals surface area contributed by atoms with Crippen LogP contribution in [0.2, 0.25) is 0 Å². The number of hydrogen-bond acceptors (Lipinski definition) is 9. The van der Waals surface area contributed by atoms with Crippen molar-refractivity contribution >= 4 is 67.4 Å². The van der Waals surface area contributed by atoms with Crippen molar-refractivity contribution in [3.63, 3.8) is 0 Å². The molecule has 0 radical (unpaired) electrons. The Bertz CT molecular complexity index is 1480. The van der Waals surface area contributed by atoms with Gasteiger partial charge in [0.05, 0.1) is 35.3 Å². The lowest BCUT2D eigenvalue weighted by molar-refractivity contribution is 0.0524.